The van der Waals surface area contributed by atoms with Gasteiger partial charge in [-0.2, -0.15) is 0 Å². The van der Waals surface area contributed by atoms with Crippen LogP contribution in [0.4, 0.5) is 0 Å². The second-order valence-corrected chi connectivity index (χ2v) is 6.04. The van der Waals surface area contributed by atoms with Crippen molar-refractivity contribution in [2.75, 3.05) is 41.1 Å². The molecule has 0 saturated heterocycles. The van der Waals surface area contributed by atoms with E-state index in [2.05, 4.69) is 20.6 Å². The maximum atomic E-state index is 5.68. The molecule has 30 heavy (non-hydrogen) atoms. The van der Waals surface area contributed by atoms with Gasteiger partial charge in [0.25, 0.3) is 0 Å². The molecule has 0 saturated carbocycles. The number of pyridine rings is 1. The lowest BCUT2D eigenvalue weighted by atomic mass is 10.2. The molecule has 0 fully saturated rings. The molecule has 1 aromatic carbocycles. The minimum Gasteiger partial charge on any atom is -0.497 e. The molecule has 0 aliphatic heterocycles. The lowest BCUT2D eigenvalue weighted by Crippen LogP contribution is -2.36. The maximum absolute atomic E-state index is 5.68. The zero-order valence-electron chi connectivity index (χ0n) is 17.9. The summed E-state index contributed by atoms with van der Waals surface area (Å²) in [5, 5.41) is 6.58. The van der Waals surface area contributed by atoms with Crippen LogP contribution in [0.5, 0.6) is 17.4 Å². The molecule has 0 radical (unpaired) electrons. The van der Waals surface area contributed by atoms with Crippen LogP contribution in [0.2, 0.25) is 0 Å². The maximum Gasteiger partial charge on any atom is 0.218 e. The van der Waals surface area contributed by atoms with E-state index in [0.717, 1.165) is 29.2 Å². The zero-order valence-corrected chi connectivity index (χ0v) is 20.3. The van der Waals surface area contributed by atoms with Crippen molar-refractivity contribution in [3.05, 3.63) is 47.7 Å². The van der Waals surface area contributed by atoms with E-state index in [-0.39, 0.29) is 24.0 Å². The van der Waals surface area contributed by atoms with Gasteiger partial charge in [-0.15, -0.1) is 24.0 Å². The second kappa shape index (κ2) is 14.7. The Labute approximate surface area is 195 Å². The molecule has 2 N–H and O–H groups in total. The summed E-state index contributed by atoms with van der Waals surface area (Å²) < 4.78 is 21.4. The van der Waals surface area contributed by atoms with Crippen molar-refractivity contribution in [2.45, 2.75) is 20.0 Å². The number of aliphatic imine (C=N–C) groups is 1. The van der Waals surface area contributed by atoms with E-state index >= 15 is 0 Å². The van der Waals surface area contributed by atoms with Crippen LogP contribution in [-0.2, 0) is 17.8 Å². The fourth-order valence-electron chi connectivity index (χ4n) is 2.58. The largest absolute Gasteiger partial charge is 0.497 e. The predicted octanol–water partition coefficient (Wildman–Crippen LogP) is 3.00. The predicted molar refractivity (Wildman–Crippen MR) is 128 cm³/mol. The van der Waals surface area contributed by atoms with Gasteiger partial charge in [0.2, 0.25) is 5.88 Å². The summed E-state index contributed by atoms with van der Waals surface area (Å²) in [6.45, 7) is 4.71. The molecule has 1 aromatic heterocycles. The van der Waals surface area contributed by atoms with Crippen LogP contribution in [-0.4, -0.2) is 52.0 Å². The quantitative estimate of drug-likeness (QED) is 0.200. The molecule has 0 spiro atoms. The standard InChI is InChI=1S/C21H30N4O4.HI/c1-5-22-21(24-14-16-8-9-18(27-3)13-19(16)28-4)25-15-17-7-6-10-23-20(17)29-12-11-26-2;/h6-10,13H,5,11-12,14-15H2,1-4H3,(H2,22,24,25);1H. The number of methoxy groups -OCH3 is 3. The van der Waals surface area contributed by atoms with Crippen molar-refractivity contribution in [3.8, 4) is 17.4 Å². The molecule has 0 amide bonds. The normalized spacial score (nSPS) is 10.7. The van der Waals surface area contributed by atoms with Crippen molar-refractivity contribution >= 4 is 29.9 Å². The number of nitrogens with zero attached hydrogens (tertiary/aromatic N) is 2. The van der Waals surface area contributed by atoms with Gasteiger partial charge in [0.1, 0.15) is 18.1 Å². The van der Waals surface area contributed by atoms with Gasteiger partial charge >= 0.3 is 0 Å². The third kappa shape index (κ3) is 8.23. The van der Waals surface area contributed by atoms with Crippen LogP contribution < -0.4 is 24.8 Å². The van der Waals surface area contributed by atoms with Gasteiger partial charge in [0, 0.05) is 43.6 Å². The highest BCUT2D eigenvalue weighted by atomic mass is 127. The summed E-state index contributed by atoms with van der Waals surface area (Å²) >= 11 is 0. The molecule has 166 valence electrons. The monoisotopic (exact) mass is 530 g/mol. The van der Waals surface area contributed by atoms with Crippen LogP contribution in [0.15, 0.2) is 41.5 Å². The van der Waals surface area contributed by atoms with Crippen LogP contribution in [0, 0.1) is 0 Å². The molecule has 0 aliphatic carbocycles. The van der Waals surface area contributed by atoms with Gasteiger partial charge in [0.15, 0.2) is 5.96 Å². The topological polar surface area (TPSA) is 86.2 Å². The van der Waals surface area contributed by atoms with Gasteiger partial charge in [-0.05, 0) is 25.1 Å². The average molecular weight is 530 g/mol. The first-order valence-corrected chi connectivity index (χ1v) is 9.50. The number of benzene rings is 1. The molecule has 2 aromatic rings. The first-order valence-electron chi connectivity index (χ1n) is 9.50. The number of ether oxygens (including phenoxy) is 4. The molecule has 0 atom stereocenters. The summed E-state index contributed by atoms with van der Waals surface area (Å²) in [6.07, 6.45) is 1.70. The number of halogens is 1. The van der Waals surface area contributed by atoms with E-state index in [1.807, 2.05) is 37.3 Å². The minimum atomic E-state index is 0. The number of hydrogen-bond donors (Lipinski definition) is 2. The molecule has 1 heterocycles. The Morgan fingerprint density at radius 1 is 1.03 bits per heavy atom. The Morgan fingerprint density at radius 3 is 2.57 bits per heavy atom. The van der Waals surface area contributed by atoms with E-state index in [0.29, 0.717) is 38.1 Å². The SMILES string of the molecule is CCNC(=NCc1cccnc1OCCOC)NCc1ccc(OC)cc1OC.I. The van der Waals surface area contributed by atoms with Crippen LogP contribution >= 0.6 is 24.0 Å². The van der Waals surface area contributed by atoms with Gasteiger partial charge < -0.3 is 29.6 Å². The Morgan fingerprint density at radius 2 is 1.87 bits per heavy atom. The summed E-state index contributed by atoms with van der Waals surface area (Å²) in [5.74, 6) is 2.77. The molecule has 2 rings (SSSR count). The highest BCUT2D eigenvalue weighted by Gasteiger charge is 2.08. The van der Waals surface area contributed by atoms with Crippen molar-refractivity contribution in [3.63, 3.8) is 0 Å². The Kier molecular flexibility index (Phi) is 12.6. The van der Waals surface area contributed by atoms with E-state index in [4.69, 9.17) is 18.9 Å². The minimum absolute atomic E-state index is 0. The van der Waals surface area contributed by atoms with E-state index in [1.165, 1.54) is 0 Å². The molecule has 8 nitrogen and oxygen atoms in total. The summed E-state index contributed by atoms with van der Waals surface area (Å²) in [7, 11) is 4.92. The summed E-state index contributed by atoms with van der Waals surface area (Å²) in [4.78, 5) is 8.95. The van der Waals surface area contributed by atoms with E-state index < -0.39 is 0 Å². The number of hydrogen-bond acceptors (Lipinski definition) is 6. The Balaban J connectivity index is 0.00000450. The molecule has 0 unspecified atom stereocenters. The van der Waals surface area contributed by atoms with Crippen LogP contribution in [0.25, 0.3) is 0 Å². The molecule has 0 bridgehead atoms. The van der Waals surface area contributed by atoms with Gasteiger partial charge in [-0.3, -0.25) is 0 Å². The Hall–Kier alpha value is -2.27. The van der Waals surface area contributed by atoms with Crippen molar-refractivity contribution in [1.82, 2.24) is 15.6 Å². The first kappa shape index (κ1) is 25.8. The molecule has 9 heteroatoms. The summed E-state index contributed by atoms with van der Waals surface area (Å²) in [5.41, 5.74) is 1.91. The van der Waals surface area contributed by atoms with Gasteiger partial charge in [-0.25, -0.2) is 9.98 Å². The fourth-order valence-corrected chi connectivity index (χ4v) is 2.58. The Bertz CT molecular complexity index is 789. The molecule has 0 aliphatic rings. The van der Waals surface area contributed by atoms with E-state index in [1.54, 1.807) is 27.5 Å². The highest BCUT2D eigenvalue weighted by Crippen LogP contribution is 2.24. The molecular formula is C21H31IN4O4. The van der Waals surface area contributed by atoms with E-state index in [9.17, 15) is 0 Å². The lowest BCUT2D eigenvalue weighted by molar-refractivity contribution is 0.143. The summed E-state index contributed by atoms with van der Waals surface area (Å²) in [6, 6.07) is 9.56. The zero-order chi connectivity index (χ0) is 20.9. The number of rotatable bonds is 11. The average Bonchev–Trinajstić information content (AvgIpc) is 2.76. The number of aromatic nitrogens is 1. The smallest absolute Gasteiger partial charge is 0.218 e. The number of nitrogens with one attached hydrogen (secondary N) is 2. The number of guanidine groups is 1. The third-order valence-electron chi connectivity index (χ3n) is 4.07. The van der Waals surface area contributed by atoms with Crippen LogP contribution in [0.1, 0.15) is 18.1 Å². The lowest BCUT2D eigenvalue weighted by Gasteiger charge is -2.14. The van der Waals surface area contributed by atoms with Crippen molar-refractivity contribution in [1.29, 1.82) is 0 Å². The first-order chi connectivity index (χ1) is 14.2. The third-order valence-corrected chi connectivity index (χ3v) is 4.07. The van der Waals surface area contributed by atoms with Crippen LogP contribution in [0.3, 0.4) is 0 Å². The molecular weight excluding hydrogens is 499 g/mol. The second-order valence-electron chi connectivity index (χ2n) is 6.04. The fraction of sp³-hybridized carbons (Fsp3) is 0.429. The van der Waals surface area contributed by atoms with Gasteiger partial charge in [0.05, 0.1) is 27.4 Å². The van der Waals surface area contributed by atoms with Crippen molar-refractivity contribution in [2.24, 2.45) is 4.99 Å². The van der Waals surface area contributed by atoms with Gasteiger partial charge in [-0.1, -0.05) is 6.07 Å². The highest BCUT2D eigenvalue weighted by molar-refractivity contribution is 14.0. The van der Waals surface area contributed by atoms with Crippen molar-refractivity contribution < 1.29 is 18.9 Å².